The van der Waals surface area contributed by atoms with Crippen LogP contribution in [0.5, 0.6) is 0 Å². The Labute approximate surface area is 164 Å². The summed E-state index contributed by atoms with van der Waals surface area (Å²) in [5, 5.41) is 13.5. The van der Waals surface area contributed by atoms with Crippen molar-refractivity contribution in [2.45, 2.75) is 25.9 Å². The van der Waals surface area contributed by atoms with Gasteiger partial charge in [-0.2, -0.15) is 10.2 Å². The summed E-state index contributed by atoms with van der Waals surface area (Å²) in [5.74, 6) is -0.275. The second kappa shape index (κ2) is 7.73. The van der Waals surface area contributed by atoms with Crippen LogP contribution in [0.2, 0.25) is 0 Å². The SMILES string of the molecule is CC[C@H](Cn1nc(-c2cccs2)ccc1=O)NC(=O)c1cnn2cccnc12. The maximum Gasteiger partial charge on any atom is 0.266 e. The second-order valence-electron chi connectivity index (χ2n) is 6.24. The van der Waals surface area contributed by atoms with Gasteiger partial charge in [0.25, 0.3) is 11.5 Å². The lowest BCUT2D eigenvalue weighted by molar-refractivity contribution is 0.0932. The van der Waals surface area contributed by atoms with Crippen LogP contribution in [-0.4, -0.2) is 36.3 Å². The number of fused-ring (bicyclic) bond motifs is 1. The van der Waals surface area contributed by atoms with Crippen LogP contribution in [0.4, 0.5) is 0 Å². The van der Waals surface area contributed by atoms with E-state index in [0.29, 0.717) is 17.6 Å². The number of amides is 1. The number of hydrogen-bond donors (Lipinski definition) is 1. The van der Waals surface area contributed by atoms with Gasteiger partial charge in [-0.25, -0.2) is 14.2 Å². The molecule has 0 aliphatic heterocycles. The number of hydrogen-bond acceptors (Lipinski definition) is 6. The number of carbonyl (C=O) groups excluding carboxylic acids is 1. The molecule has 0 saturated carbocycles. The Morgan fingerprint density at radius 1 is 1.29 bits per heavy atom. The van der Waals surface area contributed by atoms with Gasteiger partial charge in [-0.1, -0.05) is 13.0 Å². The molecule has 8 nitrogen and oxygen atoms in total. The van der Waals surface area contributed by atoms with Crippen molar-refractivity contribution < 1.29 is 4.79 Å². The van der Waals surface area contributed by atoms with Crippen molar-refractivity contribution >= 4 is 22.9 Å². The summed E-state index contributed by atoms with van der Waals surface area (Å²) in [6, 6.07) is 8.61. The third-order valence-electron chi connectivity index (χ3n) is 4.39. The quantitative estimate of drug-likeness (QED) is 0.541. The molecule has 0 saturated heterocycles. The Kier molecular flexibility index (Phi) is 4.98. The third kappa shape index (κ3) is 3.56. The summed E-state index contributed by atoms with van der Waals surface area (Å²) in [7, 11) is 0. The maximum atomic E-state index is 12.7. The average molecular weight is 394 g/mol. The van der Waals surface area contributed by atoms with E-state index in [2.05, 4.69) is 20.5 Å². The van der Waals surface area contributed by atoms with Crippen molar-refractivity contribution in [2.75, 3.05) is 0 Å². The van der Waals surface area contributed by atoms with E-state index in [-0.39, 0.29) is 24.1 Å². The van der Waals surface area contributed by atoms with Crippen LogP contribution < -0.4 is 10.9 Å². The summed E-state index contributed by atoms with van der Waals surface area (Å²) in [6.07, 6.45) is 5.49. The van der Waals surface area contributed by atoms with Gasteiger partial charge in [-0.15, -0.1) is 11.3 Å². The van der Waals surface area contributed by atoms with Crippen LogP contribution in [0, 0.1) is 0 Å². The normalized spacial score (nSPS) is 12.2. The molecule has 0 spiro atoms. The lowest BCUT2D eigenvalue weighted by Gasteiger charge is -2.17. The molecule has 1 atom stereocenters. The molecule has 4 rings (SSSR count). The first-order valence-electron chi connectivity index (χ1n) is 8.87. The van der Waals surface area contributed by atoms with E-state index in [0.717, 1.165) is 10.6 Å². The fraction of sp³-hybridized carbons (Fsp3) is 0.211. The number of nitrogens with one attached hydrogen (secondary N) is 1. The van der Waals surface area contributed by atoms with Gasteiger partial charge in [0.1, 0.15) is 11.3 Å². The fourth-order valence-corrected chi connectivity index (χ4v) is 3.56. The highest BCUT2D eigenvalue weighted by Crippen LogP contribution is 2.21. The Morgan fingerprint density at radius 3 is 2.96 bits per heavy atom. The molecule has 0 fully saturated rings. The largest absolute Gasteiger partial charge is 0.347 e. The van der Waals surface area contributed by atoms with E-state index in [1.54, 1.807) is 40.4 Å². The standard InChI is InChI=1S/C19H18N6O2S/c1-2-13(22-19(27)14-11-21-24-9-4-8-20-18(14)24)12-25-17(26)7-6-15(23-25)16-5-3-10-28-16/h3-11,13H,2,12H2,1H3,(H,22,27)/t13-/m1/s1. The molecule has 0 unspecified atom stereocenters. The van der Waals surface area contributed by atoms with E-state index in [1.807, 2.05) is 24.4 Å². The first-order valence-corrected chi connectivity index (χ1v) is 9.75. The Hall–Kier alpha value is -3.33. The van der Waals surface area contributed by atoms with Gasteiger partial charge in [0, 0.05) is 24.5 Å². The van der Waals surface area contributed by atoms with E-state index >= 15 is 0 Å². The van der Waals surface area contributed by atoms with E-state index in [4.69, 9.17) is 0 Å². The molecule has 9 heteroatoms. The molecule has 1 amide bonds. The molecular formula is C19H18N6O2S. The first-order chi connectivity index (χ1) is 13.7. The maximum absolute atomic E-state index is 12.7. The third-order valence-corrected chi connectivity index (χ3v) is 5.28. The van der Waals surface area contributed by atoms with Gasteiger partial charge in [0.05, 0.1) is 17.6 Å². The number of thiophene rings is 1. The summed E-state index contributed by atoms with van der Waals surface area (Å²) < 4.78 is 2.95. The summed E-state index contributed by atoms with van der Waals surface area (Å²) in [6.45, 7) is 2.24. The van der Waals surface area contributed by atoms with Gasteiger partial charge in [-0.05, 0) is 30.0 Å². The zero-order valence-electron chi connectivity index (χ0n) is 15.1. The molecular weight excluding hydrogens is 376 g/mol. The Balaban J connectivity index is 1.54. The molecule has 0 aliphatic rings. The molecule has 0 bridgehead atoms. The lowest BCUT2D eigenvalue weighted by Crippen LogP contribution is -2.40. The minimum atomic E-state index is -0.275. The van der Waals surface area contributed by atoms with Crippen LogP contribution in [0.15, 0.2) is 59.1 Å². The van der Waals surface area contributed by atoms with Gasteiger partial charge in [0.2, 0.25) is 0 Å². The van der Waals surface area contributed by atoms with Crippen molar-refractivity contribution in [1.29, 1.82) is 0 Å². The van der Waals surface area contributed by atoms with Crippen LogP contribution in [0.1, 0.15) is 23.7 Å². The zero-order chi connectivity index (χ0) is 19.5. The first kappa shape index (κ1) is 18.1. The highest BCUT2D eigenvalue weighted by atomic mass is 32.1. The molecule has 28 heavy (non-hydrogen) atoms. The second-order valence-corrected chi connectivity index (χ2v) is 7.19. The summed E-state index contributed by atoms with van der Waals surface area (Å²) >= 11 is 1.56. The smallest absolute Gasteiger partial charge is 0.266 e. The van der Waals surface area contributed by atoms with Crippen LogP contribution in [-0.2, 0) is 6.54 Å². The van der Waals surface area contributed by atoms with Gasteiger partial charge in [0.15, 0.2) is 5.65 Å². The number of nitrogens with zero attached hydrogens (tertiary/aromatic N) is 5. The summed E-state index contributed by atoms with van der Waals surface area (Å²) in [5.41, 5.74) is 1.42. The van der Waals surface area contributed by atoms with Crippen molar-refractivity contribution in [3.05, 3.63) is 70.2 Å². The lowest BCUT2D eigenvalue weighted by atomic mass is 10.2. The van der Waals surface area contributed by atoms with Gasteiger partial charge in [-0.3, -0.25) is 9.59 Å². The van der Waals surface area contributed by atoms with Gasteiger partial charge < -0.3 is 5.32 Å². The van der Waals surface area contributed by atoms with Crippen LogP contribution in [0.3, 0.4) is 0 Å². The zero-order valence-corrected chi connectivity index (χ0v) is 16.0. The molecule has 142 valence electrons. The highest BCUT2D eigenvalue weighted by molar-refractivity contribution is 7.13. The number of carbonyl (C=O) groups is 1. The highest BCUT2D eigenvalue weighted by Gasteiger charge is 2.18. The molecule has 4 heterocycles. The number of rotatable bonds is 6. The molecule has 0 radical (unpaired) electrons. The van der Waals surface area contributed by atoms with Crippen molar-refractivity contribution in [1.82, 2.24) is 29.7 Å². The van der Waals surface area contributed by atoms with Crippen molar-refractivity contribution in [3.8, 4) is 10.6 Å². The molecule has 4 aromatic rings. The molecule has 0 aliphatic carbocycles. The minimum absolute atomic E-state index is 0.203. The molecule has 0 aromatic carbocycles. The van der Waals surface area contributed by atoms with E-state index in [9.17, 15) is 9.59 Å². The van der Waals surface area contributed by atoms with Gasteiger partial charge >= 0.3 is 0 Å². The molecule has 1 N–H and O–H groups in total. The molecule has 4 aromatic heterocycles. The fourth-order valence-electron chi connectivity index (χ4n) is 2.87. The van der Waals surface area contributed by atoms with Crippen molar-refractivity contribution in [2.24, 2.45) is 0 Å². The monoisotopic (exact) mass is 394 g/mol. The Bertz CT molecular complexity index is 1160. The number of aromatic nitrogens is 5. The van der Waals surface area contributed by atoms with E-state index in [1.165, 1.54) is 16.9 Å². The minimum Gasteiger partial charge on any atom is -0.347 e. The summed E-state index contributed by atoms with van der Waals surface area (Å²) in [4.78, 5) is 30.2. The Morgan fingerprint density at radius 2 is 2.18 bits per heavy atom. The topological polar surface area (TPSA) is 94.2 Å². The average Bonchev–Trinajstić information content (AvgIpc) is 3.39. The van der Waals surface area contributed by atoms with Crippen molar-refractivity contribution in [3.63, 3.8) is 0 Å². The predicted molar refractivity (Wildman–Crippen MR) is 106 cm³/mol. The predicted octanol–water partition coefficient (Wildman–Crippen LogP) is 2.22. The van der Waals surface area contributed by atoms with Crippen LogP contribution in [0.25, 0.3) is 16.2 Å². The van der Waals surface area contributed by atoms with Crippen LogP contribution >= 0.6 is 11.3 Å². The van der Waals surface area contributed by atoms with E-state index < -0.39 is 0 Å².